The zero-order valence-electron chi connectivity index (χ0n) is 11.4. The van der Waals surface area contributed by atoms with Gasteiger partial charge in [-0.2, -0.15) is 13.2 Å². The molecule has 116 valence electrons. The minimum absolute atomic E-state index is 0.0693. The SMILES string of the molecule is NC1COc2c(cccc2Oc2ccc(C(F)(F)F)cn2)C1. The van der Waals surface area contributed by atoms with Gasteiger partial charge in [-0.15, -0.1) is 0 Å². The second kappa shape index (κ2) is 5.49. The van der Waals surface area contributed by atoms with Gasteiger partial charge in [0.15, 0.2) is 11.5 Å². The molecule has 0 amide bonds. The third-order valence-corrected chi connectivity index (χ3v) is 3.26. The first-order valence-corrected chi connectivity index (χ1v) is 6.65. The van der Waals surface area contributed by atoms with Gasteiger partial charge >= 0.3 is 6.18 Å². The Morgan fingerprint density at radius 2 is 2.05 bits per heavy atom. The summed E-state index contributed by atoms with van der Waals surface area (Å²) in [4.78, 5) is 3.68. The number of rotatable bonds is 2. The van der Waals surface area contributed by atoms with Crippen molar-refractivity contribution in [3.8, 4) is 17.4 Å². The number of fused-ring (bicyclic) bond motifs is 1. The number of nitrogens with zero attached hydrogens (tertiary/aromatic N) is 1. The first-order chi connectivity index (χ1) is 10.4. The summed E-state index contributed by atoms with van der Waals surface area (Å²) in [5.41, 5.74) is 5.91. The molecule has 1 aromatic heterocycles. The van der Waals surface area contributed by atoms with E-state index in [1.165, 1.54) is 6.07 Å². The number of halogens is 3. The van der Waals surface area contributed by atoms with Crippen molar-refractivity contribution in [2.75, 3.05) is 6.61 Å². The Hall–Kier alpha value is -2.28. The number of pyridine rings is 1. The second-order valence-electron chi connectivity index (χ2n) is 5.00. The normalized spacial score (nSPS) is 17.5. The highest BCUT2D eigenvalue weighted by Crippen LogP contribution is 2.37. The Kier molecular flexibility index (Phi) is 3.66. The molecule has 1 aliphatic rings. The predicted octanol–water partition coefficient (Wildman–Crippen LogP) is 3.15. The van der Waals surface area contributed by atoms with Gasteiger partial charge in [-0.05, 0) is 24.1 Å². The van der Waals surface area contributed by atoms with E-state index in [0.29, 0.717) is 24.5 Å². The molecule has 0 saturated heterocycles. The van der Waals surface area contributed by atoms with Crippen LogP contribution in [0, 0.1) is 0 Å². The summed E-state index contributed by atoms with van der Waals surface area (Å²) in [6.45, 7) is 0.369. The Morgan fingerprint density at radius 3 is 2.73 bits per heavy atom. The van der Waals surface area contributed by atoms with Gasteiger partial charge in [-0.1, -0.05) is 12.1 Å². The molecule has 2 aromatic rings. The number of alkyl halides is 3. The third kappa shape index (κ3) is 2.99. The minimum Gasteiger partial charge on any atom is -0.488 e. The highest BCUT2D eigenvalue weighted by Gasteiger charge is 2.30. The van der Waals surface area contributed by atoms with Crippen LogP contribution in [-0.4, -0.2) is 17.6 Å². The van der Waals surface area contributed by atoms with Crippen molar-refractivity contribution >= 4 is 0 Å². The lowest BCUT2D eigenvalue weighted by Crippen LogP contribution is -2.33. The van der Waals surface area contributed by atoms with E-state index in [2.05, 4.69) is 4.98 Å². The predicted molar refractivity (Wildman–Crippen MR) is 72.9 cm³/mol. The summed E-state index contributed by atoms with van der Waals surface area (Å²) >= 11 is 0. The summed E-state index contributed by atoms with van der Waals surface area (Å²) < 4.78 is 48.6. The van der Waals surface area contributed by atoms with Gasteiger partial charge in [0.25, 0.3) is 0 Å². The summed E-state index contributed by atoms with van der Waals surface area (Å²) in [5, 5.41) is 0. The molecule has 0 bridgehead atoms. The van der Waals surface area contributed by atoms with Crippen LogP contribution in [0.15, 0.2) is 36.5 Å². The number of hydrogen-bond acceptors (Lipinski definition) is 4. The molecule has 2 N–H and O–H groups in total. The maximum Gasteiger partial charge on any atom is 0.417 e. The van der Waals surface area contributed by atoms with Crippen LogP contribution in [0.1, 0.15) is 11.1 Å². The van der Waals surface area contributed by atoms with Crippen molar-refractivity contribution in [2.24, 2.45) is 5.73 Å². The van der Waals surface area contributed by atoms with Crippen LogP contribution in [0.25, 0.3) is 0 Å². The van der Waals surface area contributed by atoms with E-state index in [9.17, 15) is 13.2 Å². The lowest BCUT2D eigenvalue weighted by Gasteiger charge is -2.24. The molecule has 4 nitrogen and oxygen atoms in total. The molecule has 7 heteroatoms. The number of hydrogen-bond donors (Lipinski definition) is 1. The topological polar surface area (TPSA) is 57.4 Å². The van der Waals surface area contributed by atoms with E-state index in [0.717, 1.165) is 17.8 Å². The van der Waals surface area contributed by atoms with E-state index in [-0.39, 0.29) is 11.9 Å². The van der Waals surface area contributed by atoms with Gasteiger partial charge in [-0.3, -0.25) is 0 Å². The van der Waals surface area contributed by atoms with Crippen LogP contribution in [-0.2, 0) is 12.6 Å². The molecule has 0 spiro atoms. The fourth-order valence-corrected chi connectivity index (χ4v) is 2.22. The molecule has 1 unspecified atom stereocenters. The van der Waals surface area contributed by atoms with Gasteiger partial charge in [0.1, 0.15) is 6.61 Å². The maximum absolute atomic E-state index is 12.5. The van der Waals surface area contributed by atoms with Crippen molar-refractivity contribution in [3.05, 3.63) is 47.7 Å². The molecule has 2 heterocycles. The highest BCUT2D eigenvalue weighted by molar-refractivity contribution is 5.49. The van der Waals surface area contributed by atoms with E-state index in [4.69, 9.17) is 15.2 Å². The molecule has 1 atom stereocenters. The second-order valence-corrected chi connectivity index (χ2v) is 5.00. The molecule has 1 aromatic carbocycles. The number of ether oxygens (including phenoxy) is 2. The fourth-order valence-electron chi connectivity index (χ4n) is 2.22. The zero-order valence-corrected chi connectivity index (χ0v) is 11.4. The minimum atomic E-state index is -4.42. The summed E-state index contributed by atoms with van der Waals surface area (Å²) in [7, 11) is 0. The van der Waals surface area contributed by atoms with Crippen molar-refractivity contribution in [2.45, 2.75) is 18.6 Å². The molecular formula is C15H13F3N2O2. The summed E-state index contributed by atoms with van der Waals surface area (Å²) in [5.74, 6) is 1.04. The van der Waals surface area contributed by atoms with Crippen molar-refractivity contribution in [1.29, 1.82) is 0 Å². The van der Waals surface area contributed by atoms with E-state index in [1.807, 2.05) is 6.07 Å². The largest absolute Gasteiger partial charge is 0.488 e. The van der Waals surface area contributed by atoms with Gasteiger partial charge in [0.05, 0.1) is 5.56 Å². The van der Waals surface area contributed by atoms with Gasteiger partial charge in [0, 0.05) is 18.3 Å². The lowest BCUT2D eigenvalue weighted by molar-refractivity contribution is -0.137. The monoisotopic (exact) mass is 310 g/mol. The molecule has 0 radical (unpaired) electrons. The Labute approximate surface area is 124 Å². The van der Waals surface area contributed by atoms with Crippen molar-refractivity contribution in [1.82, 2.24) is 4.98 Å². The number of aromatic nitrogens is 1. The first kappa shape index (κ1) is 14.6. The smallest absolute Gasteiger partial charge is 0.417 e. The van der Waals surface area contributed by atoms with Gasteiger partial charge in [-0.25, -0.2) is 4.98 Å². The van der Waals surface area contributed by atoms with E-state index < -0.39 is 11.7 Å². The van der Waals surface area contributed by atoms with Crippen LogP contribution in [0.4, 0.5) is 13.2 Å². The molecule has 1 aliphatic heterocycles. The highest BCUT2D eigenvalue weighted by atomic mass is 19.4. The molecule has 0 saturated carbocycles. The zero-order chi connectivity index (χ0) is 15.7. The Balaban J connectivity index is 1.83. The van der Waals surface area contributed by atoms with Gasteiger partial charge in [0.2, 0.25) is 5.88 Å². The number of nitrogens with two attached hydrogens (primary N) is 1. The first-order valence-electron chi connectivity index (χ1n) is 6.65. The average molecular weight is 310 g/mol. The number of para-hydroxylation sites is 1. The van der Waals surface area contributed by atoms with Crippen molar-refractivity contribution in [3.63, 3.8) is 0 Å². The molecular weight excluding hydrogens is 297 g/mol. The van der Waals surface area contributed by atoms with Crippen LogP contribution >= 0.6 is 0 Å². The Bertz CT molecular complexity index is 671. The lowest BCUT2D eigenvalue weighted by atomic mass is 10.0. The average Bonchev–Trinajstić information content (AvgIpc) is 2.47. The van der Waals surface area contributed by atoms with Crippen LogP contribution in [0.2, 0.25) is 0 Å². The summed E-state index contributed by atoms with van der Waals surface area (Å²) in [6.07, 6.45) is -3.02. The molecule has 22 heavy (non-hydrogen) atoms. The van der Waals surface area contributed by atoms with Crippen LogP contribution in [0.5, 0.6) is 17.4 Å². The van der Waals surface area contributed by atoms with E-state index in [1.54, 1.807) is 12.1 Å². The maximum atomic E-state index is 12.5. The van der Waals surface area contributed by atoms with E-state index >= 15 is 0 Å². The molecule has 0 aliphatic carbocycles. The van der Waals surface area contributed by atoms with Crippen LogP contribution < -0.4 is 15.2 Å². The standard InChI is InChI=1S/C15H13F3N2O2/c16-15(17,18)10-4-5-13(20-7-10)22-12-3-1-2-9-6-11(19)8-21-14(9)12/h1-5,7,11H,6,8,19H2. The molecule has 3 rings (SSSR count). The van der Waals surface area contributed by atoms with Crippen LogP contribution in [0.3, 0.4) is 0 Å². The quantitative estimate of drug-likeness (QED) is 0.926. The molecule has 0 fully saturated rings. The number of benzene rings is 1. The summed E-state index contributed by atoms with van der Waals surface area (Å²) in [6, 6.07) is 7.35. The van der Waals surface area contributed by atoms with Gasteiger partial charge < -0.3 is 15.2 Å². The third-order valence-electron chi connectivity index (χ3n) is 3.26. The fraction of sp³-hybridized carbons (Fsp3) is 0.267. The Morgan fingerprint density at radius 1 is 1.23 bits per heavy atom. The van der Waals surface area contributed by atoms with Crippen molar-refractivity contribution < 1.29 is 22.6 Å².